The van der Waals surface area contributed by atoms with Gasteiger partial charge in [0.1, 0.15) is 12.1 Å². The summed E-state index contributed by atoms with van der Waals surface area (Å²) in [5.74, 6) is -0.850. The van der Waals surface area contributed by atoms with Crippen molar-refractivity contribution in [1.29, 1.82) is 5.26 Å². The van der Waals surface area contributed by atoms with E-state index in [4.69, 9.17) is 5.26 Å². The second-order valence-corrected chi connectivity index (χ2v) is 7.94. The Kier molecular flexibility index (Phi) is 4.38. The van der Waals surface area contributed by atoms with E-state index in [-0.39, 0.29) is 29.6 Å². The van der Waals surface area contributed by atoms with Crippen molar-refractivity contribution in [3.05, 3.63) is 0 Å². The van der Waals surface area contributed by atoms with E-state index in [1.807, 2.05) is 6.07 Å². The number of hydrogen-bond acceptors (Lipinski definition) is 3. The Balaban J connectivity index is 1.67. The Hall–Kier alpha value is -1.91. The van der Waals surface area contributed by atoms with Gasteiger partial charge in [-0.2, -0.15) is 5.26 Å². The van der Waals surface area contributed by atoms with Gasteiger partial charge in [-0.1, -0.05) is 20.8 Å². The number of fused-ring (bicyclic) bond motifs is 1. The number of alkyl halides is 2. The number of carbonyl (C=O) groups is 2. The van der Waals surface area contributed by atoms with Crippen molar-refractivity contribution in [1.82, 2.24) is 15.5 Å². The summed E-state index contributed by atoms with van der Waals surface area (Å²) in [6, 6.07) is -0.182. The number of nitrogens with one attached hydrogen (secondary N) is 2. The minimum absolute atomic E-state index is 0.0295. The van der Waals surface area contributed by atoms with E-state index in [1.54, 1.807) is 6.92 Å². The molecular formula is C17H24F2N4O2. The quantitative estimate of drug-likeness (QED) is 0.788. The first-order valence-electron chi connectivity index (χ1n) is 8.77. The van der Waals surface area contributed by atoms with Gasteiger partial charge in [0.15, 0.2) is 0 Å². The van der Waals surface area contributed by atoms with Crippen LogP contribution in [0.15, 0.2) is 0 Å². The smallest absolute Gasteiger partial charge is 0.318 e. The zero-order valence-electron chi connectivity index (χ0n) is 14.6. The summed E-state index contributed by atoms with van der Waals surface area (Å²) in [4.78, 5) is 26.6. The Morgan fingerprint density at radius 3 is 2.60 bits per heavy atom. The number of nitriles is 1. The lowest BCUT2D eigenvalue weighted by atomic mass is 10.0. The molecule has 8 heteroatoms. The topological polar surface area (TPSA) is 85.2 Å². The summed E-state index contributed by atoms with van der Waals surface area (Å²) >= 11 is 0. The molecule has 25 heavy (non-hydrogen) atoms. The van der Waals surface area contributed by atoms with E-state index in [1.165, 1.54) is 4.90 Å². The SMILES string of the molecule is CC[C@@H](C#N)NC(=O)[C@@H]1[C@@H]2[C@H](CN1C(=O)N[C@@H]1CC1C(F)F)C2(C)C. The molecule has 1 saturated heterocycles. The second kappa shape index (κ2) is 6.11. The van der Waals surface area contributed by atoms with Gasteiger partial charge in [-0.15, -0.1) is 0 Å². The molecule has 2 N–H and O–H groups in total. The van der Waals surface area contributed by atoms with E-state index in [2.05, 4.69) is 24.5 Å². The summed E-state index contributed by atoms with van der Waals surface area (Å²) < 4.78 is 25.3. The third kappa shape index (κ3) is 3.05. The van der Waals surface area contributed by atoms with Gasteiger partial charge >= 0.3 is 6.03 Å². The lowest BCUT2D eigenvalue weighted by Gasteiger charge is -2.30. The maximum absolute atomic E-state index is 12.7. The van der Waals surface area contributed by atoms with Crippen molar-refractivity contribution < 1.29 is 18.4 Å². The summed E-state index contributed by atoms with van der Waals surface area (Å²) in [5.41, 5.74) is -0.0295. The van der Waals surface area contributed by atoms with Crippen LogP contribution in [0.2, 0.25) is 0 Å². The van der Waals surface area contributed by atoms with E-state index in [9.17, 15) is 18.4 Å². The fourth-order valence-electron chi connectivity index (χ4n) is 4.18. The van der Waals surface area contributed by atoms with Gasteiger partial charge in [0, 0.05) is 18.5 Å². The Bertz CT molecular complexity index is 618. The third-order valence-corrected chi connectivity index (χ3v) is 6.09. The summed E-state index contributed by atoms with van der Waals surface area (Å²) in [7, 11) is 0. The number of carbonyl (C=O) groups excluding carboxylic acids is 2. The number of likely N-dealkylation sites (tertiary alicyclic amines) is 1. The number of hydrogen-bond donors (Lipinski definition) is 2. The Labute approximate surface area is 145 Å². The number of piperidine rings is 1. The van der Waals surface area contributed by atoms with Crippen molar-refractivity contribution in [3.8, 4) is 6.07 Å². The maximum atomic E-state index is 12.7. The van der Waals surface area contributed by atoms with Crippen LogP contribution in [-0.2, 0) is 4.79 Å². The Morgan fingerprint density at radius 2 is 2.08 bits per heavy atom. The third-order valence-electron chi connectivity index (χ3n) is 6.09. The molecule has 0 spiro atoms. The van der Waals surface area contributed by atoms with Gasteiger partial charge in [0.05, 0.1) is 6.07 Å². The van der Waals surface area contributed by atoms with Crippen LogP contribution >= 0.6 is 0 Å². The van der Waals surface area contributed by atoms with E-state index < -0.39 is 36.5 Å². The maximum Gasteiger partial charge on any atom is 0.318 e. The van der Waals surface area contributed by atoms with Gasteiger partial charge in [-0.3, -0.25) is 4.79 Å². The number of urea groups is 1. The van der Waals surface area contributed by atoms with E-state index >= 15 is 0 Å². The molecule has 3 aliphatic rings. The van der Waals surface area contributed by atoms with Crippen molar-refractivity contribution in [2.24, 2.45) is 23.2 Å². The average Bonchev–Trinajstić information content (AvgIpc) is 3.35. The average molecular weight is 354 g/mol. The van der Waals surface area contributed by atoms with Crippen LogP contribution in [0.1, 0.15) is 33.6 Å². The molecular weight excluding hydrogens is 330 g/mol. The molecule has 3 rings (SSSR count). The van der Waals surface area contributed by atoms with Gasteiger partial charge in [-0.25, -0.2) is 13.6 Å². The van der Waals surface area contributed by atoms with Gasteiger partial charge in [0.25, 0.3) is 0 Å². The minimum atomic E-state index is -2.43. The predicted octanol–water partition coefficient (Wildman–Crippen LogP) is 1.72. The number of halogens is 2. The van der Waals surface area contributed by atoms with Crippen LogP contribution in [0.5, 0.6) is 0 Å². The molecule has 3 fully saturated rings. The molecule has 2 saturated carbocycles. The first-order chi connectivity index (χ1) is 11.7. The first kappa shape index (κ1) is 17.9. The molecule has 0 aromatic rings. The van der Waals surface area contributed by atoms with E-state index in [0.717, 1.165) is 0 Å². The van der Waals surface area contributed by atoms with Crippen molar-refractivity contribution in [2.75, 3.05) is 6.54 Å². The highest BCUT2D eigenvalue weighted by atomic mass is 19.3. The van der Waals surface area contributed by atoms with Crippen LogP contribution in [0.25, 0.3) is 0 Å². The highest BCUT2D eigenvalue weighted by Crippen LogP contribution is 2.64. The second-order valence-electron chi connectivity index (χ2n) is 7.94. The molecule has 1 unspecified atom stereocenters. The van der Waals surface area contributed by atoms with Crippen molar-refractivity contribution in [3.63, 3.8) is 0 Å². The number of rotatable bonds is 5. The fraction of sp³-hybridized carbons (Fsp3) is 0.824. The molecule has 1 aliphatic heterocycles. The molecule has 0 radical (unpaired) electrons. The monoisotopic (exact) mass is 354 g/mol. The van der Waals surface area contributed by atoms with Crippen molar-refractivity contribution in [2.45, 2.75) is 58.2 Å². The normalized spacial score (nSPS) is 35.6. The lowest BCUT2D eigenvalue weighted by Crippen LogP contribution is -2.54. The molecule has 6 nitrogen and oxygen atoms in total. The molecule has 6 atom stereocenters. The zero-order chi connectivity index (χ0) is 18.5. The van der Waals surface area contributed by atoms with Crippen LogP contribution in [0.4, 0.5) is 13.6 Å². The van der Waals surface area contributed by atoms with Crippen LogP contribution in [0, 0.1) is 34.5 Å². The van der Waals surface area contributed by atoms with Gasteiger partial charge < -0.3 is 15.5 Å². The van der Waals surface area contributed by atoms with Gasteiger partial charge in [-0.05, 0) is 30.1 Å². The summed E-state index contributed by atoms with van der Waals surface area (Å²) in [5, 5.41) is 14.4. The lowest BCUT2D eigenvalue weighted by molar-refractivity contribution is -0.126. The fourth-order valence-corrected chi connectivity index (χ4v) is 4.18. The molecule has 1 heterocycles. The standard InChI is InChI=1S/C17H24F2N4O2/c1-4-8(6-20)21-15(24)13-12-10(17(12,2)3)7-23(13)16(25)22-11-5-9(11)14(18)19/h8-14H,4-5,7H2,1-3H3,(H,21,24)(H,22,25)/t8-,9?,10-,11+,12-,13-/m0/s1. The highest BCUT2D eigenvalue weighted by Gasteiger charge is 2.69. The first-order valence-corrected chi connectivity index (χ1v) is 8.77. The summed E-state index contributed by atoms with van der Waals surface area (Å²) in [6.07, 6.45) is -1.67. The number of amides is 3. The molecule has 3 amide bonds. The van der Waals surface area contributed by atoms with E-state index in [0.29, 0.717) is 13.0 Å². The van der Waals surface area contributed by atoms with Crippen LogP contribution in [-0.4, -0.2) is 47.9 Å². The van der Waals surface area contributed by atoms with Crippen LogP contribution in [0.3, 0.4) is 0 Å². The molecule has 0 bridgehead atoms. The molecule has 2 aliphatic carbocycles. The molecule has 138 valence electrons. The summed E-state index contributed by atoms with van der Waals surface area (Å²) in [6.45, 7) is 6.37. The van der Waals surface area contributed by atoms with Crippen LogP contribution < -0.4 is 10.6 Å². The zero-order valence-corrected chi connectivity index (χ0v) is 14.6. The highest BCUT2D eigenvalue weighted by molar-refractivity contribution is 5.89. The number of nitrogens with zero attached hydrogens (tertiary/aromatic N) is 2. The predicted molar refractivity (Wildman–Crippen MR) is 85.5 cm³/mol. The largest absolute Gasteiger partial charge is 0.339 e. The van der Waals surface area contributed by atoms with Gasteiger partial charge in [0.2, 0.25) is 12.3 Å². The molecule has 0 aromatic heterocycles. The molecule has 0 aromatic carbocycles. The Morgan fingerprint density at radius 1 is 1.40 bits per heavy atom. The van der Waals surface area contributed by atoms with Crippen molar-refractivity contribution >= 4 is 11.9 Å². The minimum Gasteiger partial charge on any atom is -0.339 e.